The summed E-state index contributed by atoms with van der Waals surface area (Å²) in [6.45, 7) is 5.94. The Morgan fingerprint density at radius 3 is 2.15 bits per heavy atom. The lowest BCUT2D eigenvalue weighted by atomic mass is 10.1. The highest BCUT2D eigenvalue weighted by molar-refractivity contribution is 7.92. The van der Waals surface area contributed by atoms with E-state index in [2.05, 4.69) is 5.32 Å². The molecular formula is C30H37N3O5S. The summed E-state index contributed by atoms with van der Waals surface area (Å²) >= 11 is 0. The number of para-hydroxylation sites is 1. The average Bonchev–Trinajstić information content (AvgIpc) is 2.95. The number of hydrogen-bond donors (Lipinski definition) is 1. The first-order valence-electron chi connectivity index (χ1n) is 13.1. The number of benzene rings is 3. The second kappa shape index (κ2) is 13.8. The van der Waals surface area contributed by atoms with Crippen LogP contribution in [0.2, 0.25) is 0 Å². The maximum atomic E-state index is 14.0. The Bertz CT molecular complexity index is 1340. The highest BCUT2D eigenvalue weighted by Crippen LogP contribution is 2.26. The van der Waals surface area contributed by atoms with E-state index in [4.69, 9.17) is 4.74 Å². The van der Waals surface area contributed by atoms with Crippen molar-refractivity contribution < 1.29 is 22.7 Å². The Balaban J connectivity index is 2.03. The van der Waals surface area contributed by atoms with E-state index in [0.717, 1.165) is 21.9 Å². The van der Waals surface area contributed by atoms with Crippen molar-refractivity contribution in [3.8, 4) is 5.75 Å². The van der Waals surface area contributed by atoms with E-state index in [1.807, 2.05) is 45.0 Å². The number of carbonyl (C=O) groups is 2. The first kappa shape index (κ1) is 29.7. The van der Waals surface area contributed by atoms with Crippen molar-refractivity contribution in [3.05, 3.63) is 90.0 Å². The fraction of sp³-hybridized carbons (Fsp3) is 0.333. The number of amides is 2. The maximum Gasteiger partial charge on any atom is 0.264 e. The van der Waals surface area contributed by atoms with Gasteiger partial charge in [-0.15, -0.1) is 0 Å². The van der Waals surface area contributed by atoms with Crippen molar-refractivity contribution in [1.82, 2.24) is 10.2 Å². The van der Waals surface area contributed by atoms with Crippen LogP contribution in [-0.4, -0.2) is 51.4 Å². The monoisotopic (exact) mass is 551 g/mol. The third-order valence-electron chi connectivity index (χ3n) is 6.51. The number of hydrogen-bond acceptors (Lipinski definition) is 5. The third kappa shape index (κ3) is 7.38. The van der Waals surface area contributed by atoms with Gasteiger partial charge >= 0.3 is 0 Å². The quantitative estimate of drug-likeness (QED) is 0.337. The summed E-state index contributed by atoms with van der Waals surface area (Å²) in [6.07, 6.45) is 1.14. The molecule has 1 atom stereocenters. The van der Waals surface area contributed by atoms with Crippen LogP contribution in [0.25, 0.3) is 0 Å². The van der Waals surface area contributed by atoms with Crippen LogP contribution in [0.3, 0.4) is 0 Å². The predicted octanol–water partition coefficient (Wildman–Crippen LogP) is 4.53. The minimum Gasteiger partial charge on any atom is -0.497 e. The minimum absolute atomic E-state index is 0.0261. The smallest absolute Gasteiger partial charge is 0.264 e. The van der Waals surface area contributed by atoms with E-state index in [0.29, 0.717) is 24.4 Å². The van der Waals surface area contributed by atoms with Crippen molar-refractivity contribution in [1.29, 1.82) is 0 Å². The number of ether oxygens (including phenoxy) is 1. The number of anilines is 1. The highest BCUT2D eigenvalue weighted by Gasteiger charge is 2.33. The van der Waals surface area contributed by atoms with Gasteiger partial charge < -0.3 is 15.0 Å². The van der Waals surface area contributed by atoms with Crippen molar-refractivity contribution in [2.24, 2.45) is 0 Å². The number of nitrogens with zero attached hydrogens (tertiary/aromatic N) is 2. The van der Waals surface area contributed by atoms with Crippen molar-refractivity contribution in [2.45, 2.75) is 51.1 Å². The van der Waals surface area contributed by atoms with Gasteiger partial charge in [-0.2, -0.15) is 0 Å². The lowest BCUT2D eigenvalue weighted by Gasteiger charge is -2.33. The Kier molecular flexibility index (Phi) is 10.5. The van der Waals surface area contributed by atoms with E-state index in [-0.39, 0.29) is 17.3 Å². The van der Waals surface area contributed by atoms with Crippen molar-refractivity contribution in [2.75, 3.05) is 24.5 Å². The van der Waals surface area contributed by atoms with E-state index in [1.54, 1.807) is 42.5 Å². The summed E-state index contributed by atoms with van der Waals surface area (Å²) in [5, 5.41) is 2.89. The average molecular weight is 552 g/mol. The molecule has 0 spiro atoms. The van der Waals surface area contributed by atoms with Crippen molar-refractivity contribution in [3.63, 3.8) is 0 Å². The normalized spacial score (nSPS) is 11.9. The first-order valence-corrected chi connectivity index (χ1v) is 14.5. The summed E-state index contributed by atoms with van der Waals surface area (Å²) in [5.41, 5.74) is 2.21. The summed E-state index contributed by atoms with van der Waals surface area (Å²) in [4.78, 5) is 28.7. The molecule has 0 aromatic heterocycles. The fourth-order valence-electron chi connectivity index (χ4n) is 4.25. The van der Waals surface area contributed by atoms with Crippen LogP contribution < -0.4 is 14.4 Å². The molecule has 9 heteroatoms. The molecule has 0 aliphatic carbocycles. The number of carbonyl (C=O) groups excluding carboxylic acids is 2. The summed E-state index contributed by atoms with van der Waals surface area (Å²) in [5.74, 6) is -0.215. The van der Waals surface area contributed by atoms with Gasteiger partial charge in [-0.3, -0.25) is 13.9 Å². The second-order valence-electron chi connectivity index (χ2n) is 9.19. The van der Waals surface area contributed by atoms with Crippen LogP contribution in [-0.2, 0) is 26.2 Å². The Morgan fingerprint density at radius 2 is 1.56 bits per heavy atom. The number of rotatable bonds is 13. The topological polar surface area (TPSA) is 96.0 Å². The zero-order valence-corrected chi connectivity index (χ0v) is 23.8. The summed E-state index contributed by atoms with van der Waals surface area (Å²) in [7, 11) is -2.62. The highest BCUT2D eigenvalue weighted by atomic mass is 32.2. The molecular weight excluding hydrogens is 514 g/mol. The molecule has 39 heavy (non-hydrogen) atoms. The molecule has 3 aromatic rings. The maximum absolute atomic E-state index is 14.0. The molecule has 8 nitrogen and oxygen atoms in total. The predicted molar refractivity (Wildman–Crippen MR) is 153 cm³/mol. The Morgan fingerprint density at radius 1 is 0.923 bits per heavy atom. The molecule has 2 amide bonds. The molecule has 3 aromatic carbocycles. The van der Waals surface area contributed by atoms with Crippen LogP contribution in [0.15, 0.2) is 83.8 Å². The molecule has 208 valence electrons. The Hall–Kier alpha value is -3.85. The van der Waals surface area contributed by atoms with E-state index >= 15 is 0 Å². The number of methoxy groups -OCH3 is 1. The molecule has 1 N–H and O–H groups in total. The number of nitrogens with one attached hydrogen (secondary N) is 1. The Labute approximate surface area is 231 Å². The van der Waals surface area contributed by atoms with Gasteiger partial charge in [0.15, 0.2) is 0 Å². The lowest BCUT2D eigenvalue weighted by Crippen LogP contribution is -2.52. The molecule has 1 unspecified atom stereocenters. The largest absolute Gasteiger partial charge is 0.497 e. The fourth-order valence-corrected chi connectivity index (χ4v) is 5.67. The molecule has 3 rings (SSSR count). The van der Waals surface area contributed by atoms with Crippen LogP contribution >= 0.6 is 0 Å². The van der Waals surface area contributed by atoms with E-state index in [1.165, 1.54) is 24.1 Å². The van der Waals surface area contributed by atoms with Gasteiger partial charge in [0.2, 0.25) is 11.8 Å². The minimum atomic E-state index is -4.13. The molecule has 0 aliphatic heterocycles. The molecule has 0 saturated heterocycles. The van der Waals surface area contributed by atoms with Crippen LogP contribution in [0, 0.1) is 6.92 Å². The van der Waals surface area contributed by atoms with Crippen LogP contribution in [0.1, 0.15) is 37.8 Å². The zero-order chi connectivity index (χ0) is 28.4. The SMILES string of the molecule is CCCNC(=O)C(CC)N(Cc1ccccc1C)C(=O)CN(c1ccccc1)S(=O)(=O)c1ccc(OC)cc1. The summed E-state index contributed by atoms with van der Waals surface area (Å²) < 4.78 is 34.0. The van der Waals surface area contributed by atoms with E-state index < -0.39 is 28.5 Å². The van der Waals surface area contributed by atoms with Gasteiger partial charge in [0, 0.05) is 13.1 Å². The van der Waals surface area contributed by atoms with Gasteiger partial charge in [-0.1, -0.05) is 56.3 Å². The number of aryl methyl sites for hydroxylation is 1. The molecule has 0 aliphatic rings. The van der Waals surface area contributed by atoms with E-state index in [9.17, 15) is 18.0 Å². The molecule has 0 heterocycles. The number of sulfonamides is 1. The molecule has 0 radical (unpaired) electrons. The first-order chi connectivity index (χ1) is 18.7. The third-order valence-corrected chi connectivity index (χ3v) is 8.30. The molecule has 0 bridgehead atoms. The molecule has 0 saturated carbocycles. The molecule has 0 fully saturated rings. The van der Waals surface area contributed by atoms with Crippen molar-refractivity contribution >= 4 is 27.5 Å². The standard InChI is InChI=1S/C30H37N3O5S/c1-5-20-31-30(35)28(6-2)32(21-24-13-11-10-12-23(24)3)29(34)22-33(25-14-8-7-9-15-25)39(36,37)27-18-16-26(38-4)17-19-27/h7-19,28H,5-6,20-22H2,1-4H3,(H,31,35). The van der Waals surface area contributed by atoms with Gasteiger partial charge in [0.25, 0.3) is 10.0 Å². The van der Waals surface area contributed by atoms with Gasteiger partial charge in [0.1, 0.15) is 18.3 Å². The van der Waals surface area contributed by atoms with Crippen LogP contribution in [0.4, 0.5) is 5.69 Å². The second-order valence-corrected chi connectivity index (χ2v) is 11.0. The van der Waals surface area contributed by atoms with Gasteiger partial charge in [-0.25, -0.2) is 8.42 Å². The summed E-state index contributed by atoms with van der Waals surface area (Å²) in [6, 6.07) is 21.4. The van der Waals surface area contributed by atoms with Gasteiger partial charge in [-0.05, 0) is 67.3 Å². The van der Waals surface area contributed by atoms with Gasteiger partial charge in [0.05, 0.1) is 17.7 Å². The zero-order valence-electron chi connectivity index (χ0n) is 23.0. The van der Waals surface area contributed by atoms with Crippen LogP contribution in [0.5, 0.6) is 5.75 Å². The lowest BCUT2D eigenvalue weighted by molar-refractivity contribution is -0.140.